The van der Waals surface area contributed by atoms with Gasteiger partial charge in [0.2, 0.25) is 0 Å². The smallest absolute Gasteiger partial charge is 0.262 e. The molecule has 3 aromatic carbocycles. The van der Waals surface area contributed by atoms with Crippen LogP contribution in [0.25, 0.3) is 0 Å². The molecular weight excluding hydrogens is 342 g/mol. The number of sulfonamides is 1. The van der Waals surface area contributed by atoms with Crippen molar-refractivity contribution in [1.82, 2.24) is 0 Å². The number of aryl methyl sites for hydroxylation is 3. The SMILES string of the molecule is Cc1ccc(N(Cc2ccccc2C)S(=O)(=O)c2ccccc2)cc1C. The van der Waals surface area contributed by atoms with E-state index in [2.05, 4.69) is 0 Å². The molecule has 0 heterocycles. The van der Waals surface area contributed by atoms with Crippen molar-refractivity contribution in [3.8, 4) is 0 Å². The first-order valence-electron chi connectivity index (χ1n) is 8.59. The van der Waals surface area contributed by atoms with Crippen molar-refractivity contribution < 1.29 is 8.42 Å². The molecule has 0 aliphatic carbocycles. The average molecular weight is 365 g/mol. The fraction of sp³-hybridized carbons (Fsp3) is 0.182. The quantitative estimate of drug-likeness (QED) is 0.637. The van der Waals surface area contributed by atoms with E-state index in [1.807, 2.05) is 69.3 Å². The molecule has 0 radical (unpaired) electrons. The summed E-state index contributed by atoms with van der Waals surface area (Å²) in [5.41, 5.74) is 4.96. The molecule has 4 heteroatoms. The monoisotopic (exact) mass is 365 g/mol. The van der Waals surface area contributed by atoms with Crippen LogP contribution in [0.3, 0.4) is 0 Å². The van der Waals surface area contributed by atoms with Crippen LogP contribution in [0, 0.1) is 20.8 Å². The van der Waals surface area contributed by atoms with Gasteiger partial charge in [-0.2, -0.15) is 0 Å². The Balaban J connectivity index is 2.13. The van der Waals surface area contributed by atoms with Crippen molar-refractivity contribution in [3.63, 3.8) is 0 Å². The van der Waals surface area contributed by atoms with E-state index in [1.165, 1.54) is 4.31 Å². The molecule has 3 nitrogen and oxygen atoms in total. The molecule has 0 N–H and O–H groups in total. The molecule has 0 unspecified atom stereocenters. The van der Waals surface area contributed by atoms with Crippen LogP contribution >= 0.6 is 0 Å². The Morgan fingerprint density at radius 3 is 2.04 bits per heavy atom. The van der Waals surface area contributed by atoms with Crippen molar-refractivity contribution in [2.75, 3.05) is 4.31 Å². The molecule has 26 heavy (non-hydrogen) atoms. The van der Waals surface area contributed by atoms with E-state index < -0.39 is 10.0 Å². The molecule has 0 aliphatic heterocycles. The molecule has 0 saturated carbocycles. The van der Waals surface area contributed by atoms with E-state index >= 15 is 0 Å². The molecule has 0 aromatic heterocycles. The van der Waals surface area contributed by atoms with E-state index in [4.69, 9.17) is 0 Å². The van der Waals surface area contributed by atoms with Gasteiger partial charge in [0.05, 0.1) is 17.1 Å². The summed E-state index contributed by atoms with van der Waals surface area (Å²) in [4.78, 5) is 0.298. The topological polar surface area (TPSA) is 37.4 Å². The van der Waals surface area contributed by atoms with Gasteiger partial charge < -0.3 is 0 Å². The summed E-state index contributed by atoms with van der Waals surface area (Å²) in [5, 5.41) is 0. The van der Waals surface area contributed by atoms with Crippen LogP contribution in [0.1, 0.15) is 22.3 Å². The summed E-state index contributed by atoms with van der Waals surface area (Å²) >= 11 is 0. The molecule has 3 rings (SSSR count). The molecule has 0 atom stereocenters. The van der Waals surface area contributed by atoms with Gasteiger partial charge in [0, 0.05) is 0 Å². The molecule has 0 aliphatic rings. The summed E-state index contributed by atoms with van der Waals surface area (Å²) in [6, 6.07) is 22.3. The molecule has 3 aromatic rings. The molecule has 0 fully saturated rings. The minimum absolute atomic E-state index is 0.298. The Hall–Kier alpha value is -2.59. The Morgan fingerprint density at radius 1 is 0.731 bits per heavy atom. The third-order valence-corrected chi connectivity index (χ3v) is 6.47. The highest BCUT2D eigenvalue weighted by Crippen LogP contribution is 2.28. The first kappa shape index (κ1) is 18.2. The zero-order valence-electron chi connectivity index (χ0n) is 15.3. The van der Waals surface area contributed by atoms with Crippen LogP contribution in [0.15, 0.2) is 77.7 Å². The normalized spacial score (nSPS) is 11.3. The number of benzene rings is 3. The minimum Gasteiger partial charge on any atom is -0.262 e. The maximum atomic E-state index is 13.4. The minimum atomic E-state index is -3.67. The van der Waals surface area contributed by atoms with Gasteiger partial charge >= 0.3 is 0 Å². The number of hydrogen-bond acceptors (Lipinski definition) is 2. The summed E-state index contributed by atoms with van der Waals surface area (Å²) in [5.74, 6) is 0. The van der Waals surface area contributed by atoms with Crippen LogP contribution in [-0.2, 0) is 16.6 Å². The zero-order chi connectivity index (χ0) is 18.7. The van der Waals surface area contributed by atoms with Crippen molar-refractivity contribution in [3.05, 3.63) is 95.1 Å². The maximum absolute atomic E-state index is 13.4. The van der Waals surface area contributed by atoms with Gasteiger partial charge in [0.15, 0.2) is 0 Å². The van der Waals surface area contributed by atoms with Gasteiger partial charge in [-0.1, -0.05) is 48.5 Å². The molecule has 0 spiro atoms. The lowest BCUT2D eigenvalue weighted by molar-refractivity contribution is 0.590. The lowest BCUT2D eigenvalue weighted by Gasteiger charge is -2.26. The van der Waals surface area contributed by atoms with Gasteiger partial charge in [-0.05, 0) is 67.3 Å². The van der Waals surface area contributed by atoms with Gasteiger partial charge in [-0.15, -0.1) is 0 Å². The molecule has 134 valence electrons. The standard InChI is InChI=1S/C22H23NO2S/c1-17-13-14-21(15-19(17)3)23(16-20-10-8-7-9-18(20)2)26(24,25)22-11-5-4-6-12-22/h4-15H,16H2,1-3H3. The van der Waals surface area contributed by atoms with Crippen molar-refractivity contribution in [2.45, 2.75) is 32.2 Å². The lowest BCUT2D eigenvalue weighted by atomic mass is 10.1. The highest BCUT2D eigenvalue weighted by molar-refractivity contribution is 7.92. The van der Waals surface area contributed by atoms with E-state index in [0.29, 0.717) is 17.1 Å². The zero-order valence-corrected chi connectivity index (χ0v) is 16.1. The second-order valence-corrected chi connectivity index (χ2v) is 8.38. The number of rotatable bonds is 5. The van der Waals surface area contributed by atoms with Crippen LogP contribution in [0.2, 0.25) is 0 Å². The third kappa shape index (κ3) is 3.65. The largest absolute Gasteiger partial charge is 0.264 e. The number of nitrogens with zero attached hydrogens (tertiary/aromatic N) is 1. The third-order valence-electron chi connectivity index (χ3n) is 4.68. The Labute approximate surface area is 156 Å². The molecular formula is C22H23NO2S. The summed E-state index contributed by atoms with van der Waals surface area (Å²) in [7, 11) is -3.67. The fourth-order valence-corrected chi connectivity index (χ4v) is 4.31. The van der Waals surface area contributed by atoms with Gasteiger partial charge in [0.1, 0.15) is 0 Å². The molecule has 0 saturated heterocycles. The first-order valence-corrected chi connectivity index (χ1v) is 10.0. The van der Waals surface area contributed by atoms with E-state index in [9.17, 15) is 8.42 Å². The lowest BCUT2D eigenvalue weighted by Crippen LogP contribution is -2.31. The van der Waals surface area contributed by atoms with E-state index in [-0.39, 0.29) is 0 Å². The maximum Gasteiger partial charge on any atom is 0.264 e. The van der Waals surface area contributed by atoms with Crippen molar-refractivity contribution in [2.24, 2.45) is 0 Å². The first-order chi connectivity index (χ1) is 12.4. The molecule has 0 amide bonds. The second kappa shape index (κ2) is 7.34. The summed E-state index contributed by atoms with van der Waals surface area (Å²) in [6.07, 6.45) is 0. The summed E-state index contributed by atoms with van der Waals surface area (Å²) in [6.45, 7) is 6.33. The van der Waals surface area contributed by atoms with Crippen LogP contribution < -0.4 is 4.31 Å². The van der Waals surface area contributed by atoms with Crippen molar-refractivity contribution in [1.29, 1.82) is 0 Å². The number of hydrogen-bond donors (Lipinski definition) is 0. The predicted molar refractivity (Wildman–Crippen MR) is 107 cm³/mol. The van der Waals surface area contributed by atoms with Crippen LogP contribution in [-0.4, -0.2) is 8.42 Å². The van der Waals surface area contributed by atoms with E-state index in [0.717, 1.165) is 22.3 Å². The molecule has 0 bridgehead atoms. The Kier molecular flexibility index (Phi) is 5.14. The van der Waals surface area contributed by atoms with Gasteiger partial charge in [-0.25, -0.2) is 8.42 Å². The fourth-order valence-electron chi connectivity index (χ4n) is 2.86. The Morgan fingerprint density at radius 2 is 1.38 bits per heavy atom. The van der Waals surface area contributed by atoms with Crippen molar-refractivity contribution >= 4 is 15.7 Å². The number of anilines is 1. The second-order valence-electron chi connectivity index (χ2n) is 6.52. The predicted octanol–water partition coefficient (Wildman–Crippen LogP) is 5.01. The van der Waals surface area contributed by atoms with Gasteiger partial charge in [-0.3, -0.25) is 4.31 Å². The average Bonchev–Trinajstić information content (AvgIpc) is 2.64. The van der Waals surface area contributed by atoms with Crippen LogP contribution in [0.4, 0.5) is 5.69 Å². The Bertz CT molecular complexity index is 1010. The van der Waals surface area contributed by atoms with E-state index in [1.54, 1.807) is 24.3 Å². The van der Waals surface area contributed by atoms with Crippen LogP contribution in [0.5, 0.6) is 0 Å². The highest BCUT2D eigenvalue weighted by Gasteiger charge is 2.25. The highest BCUT2D eigenvalue weighted by atomic mass is 32.2. The van der Waals surface area contributed by atoms with Gasteiger partial charge in [0.25, 0.3) is 10.0 Å². The summed E-state index contributed by atoms with van der Waals surface area (Å²) < 4.78 is 28.2.